The Kier molecular flexibility index (Phi) is 7.74. The number of benzene rings is 1. The lowest BCUT2D eigenvalue weighted by Crippen LogP contribution is -2.51. The number of nitrogens with zero attached hydrogens (tertiary/aromatic N) is 2. The highest BCUT2D eigenvalue weighted by atomic mass is 32.2. The predicted octanol–water partition coefficient (Wildman–Crippen LogP) is 0.0880. The molecule has 2 rings (SSSR count). The molecule has 9 nitrogen and oxygen atoms in total. The standard InChI is InChI=1S/C19H27N3O6S/c1-14(2)17(20-18(24)15-7-5-4-6-8-15)19(25)28-13-16(23)21-9-11-22(12-10-21)29(3,26)27/h4-8,14,17H,9-13H2,1-3H3,(H,20,24)/t17-/m0/s1. The molecule has 2 amide bonds. The van der Waals surface area contributed by atoms with Gasteiger partial charge in [0.25, 0.3) is 11.8 Å². The fraction of sp³-hybridized carbons (Fsp3) is 0.526. The summed E-state index contributed by atoms with van der Waals surface area (Å²) in [5.41, 5.74) is 0.422. The van der Waals surface area contributed by atoms with Crippen molar-refractivity contribution in [1.82, 2.24) is 14.5 Å². The average molecular weight is 426 g/mol. The smallest absolute Gasteiger partial charge is 0.329 e. The van der Waals surface area contributed by atoms with Crippen molar-refractivity contribution < 1.29 is 27.5 Å². The van der Waals surface area contributed by atoms with Crippen LogP contribution < -0.4 is 5.32 Å². The van der Waals surface area contributed by atoms with Crippen molar-refractivity contribution in [2.24, 2.45) is 5.92 Å². The Balaban J connectivity index is 1.87. The van der Waals surface area contributed by atoms with Crippen molar-refractivity contribution in [3.8, 4) is 0 Å². The summed E-state index contributed by atoms with van der Waals surface area (Å²) in [6.45, 7) is 3.97. The van der Waals surface area contributed by atoms with Crippen LogP contribution in [0.15, 0.2) is 30.3 Å². The van der Waals surface area contributed by atoms with Crippen molar-refractivity contribution in [3.05, 3.63) is 35.9 Å². The van der Waals surface area contributed by atoms with Gasteiger partial charge in [0.2, 0.25) is 10.0 Å². The average Bonchev–Trinajstić information content (AvgIpc) is 2.69. The Labute approximate surface area is 171 Å². The molecular weight excluding hydrogens is 398 g/mol. The van der Waals surface area contributed by atoms with Gasteiger partial charge < -0.3 is 15.0 Å². The first kappa shape index (κ1) is 22.8. The fourth-order valence-electron chi connectivity index (χ4n) is 2.89. The van der Waals surface area contributed by atoms with E-state index in [0.29, 0.717) is 5.56 Å². The van der Waals surface area contributed by atoms with Gasteiger partial charge in [-0.1, -0.05) is 32.0 Å². The van der Waals surface area contributed by atoms with Crippen LogP contribution in [-0.4, -0.2) is 80.5 Å². The van der Waals surface area contributed by atoms with Crippen LogP contribution in [0.3, 0.4) is 0 Å². The normalized spacial score (nSPS) is 16.3. The maximum absolute atomic E-state index is 12.4. The van der Waals surface area contributed by atoms with Crippen molar-refractivity contribution >= 4 is 27.8 Å². The number of carbonyl (C=O) groups is 3. The van der Waals surface area contributed by atoms with Gasteiger partial charge in [-0.3, -0.25) is 9.59 Å². The monoisotopic (exact) mass is 425 g/mol. The Bertz CT molecular complexity index is 833. The molecule has 29 heavy (non-hydrogen) atoms. The third-order valence-corrected chi connectivity index (χ3v) is 5.94. The SMILES string of the molecule is CC(C)[C@H](NC(=O)c1ccccc1)C(=O)OCC(=O)N1CCN(S(C)(=O)=O)CC1. The quantitative estimate of drug-likeness (QED) is 0.620. The van der Waals surface area contributed by atoms with E-state index in [1.807, 2.05) is 0 Å². The van der Waals surface area contributed by atoms with Crippen molar-refractivity contribution in [2.75, 3.05) is 39.0 Å². The molecular formula is C19H27N3O6S. The lowest BCUT2D eigenvalue weighted by Gasteiger charge is -2.33. The number of esters is 1. The zero-order chi connectivity index (χ0) is 21.6. The molecule has 1 fully saturated rings. The van der Waals surface area contributed by atoms with Crippen LogP contribution in [0.25, 0.3) is 0 Å². The van der Waals surface area contributed by atoms with Gasteiger partial charge in [0.15, 0.2) is 6.61 Å². The molecule has 1 aromatic rings. The van der Waals surface area contributed by atoms with Crippen LogP contribution >= 0.6 is 0 Å². The van der Waals surface area contributed by atoms with E-state index in [0.717, 1.165) is 6.26 Å². The minimum absolute atomic E-state index is 0.209. The minimum Gasteiger partial charge on any atom is -0.454 e. The van der Waals surface area contributed by atoms with E-state index in [1.165, 1.54) is 9.21 Å². The number of piperazine rings is 1. The molecule has 1 N–H and O–H groups in total. The highest BCUT2D eigenvalue weighted by Crippen LogP contribution is 2.09. The first-order chi connectivity index (χ1) is 13.6. The Hall–Kier alpha value is -2.46. The summed E-state index contributed by atoms with van der Waals surface area (Å²) in [5.74, 6) is -1.72. The number of ether oxygens (including phenoxy) is 1. The number of hydrogen-bond acceptors (Lipinski definition) is 6. The fourth-order valence-corrected chi connectivity index (χ4v) is 3.72. The highest BCUT2D eigenvalue weighted by molar-refractivity contribution is 7.88. The first-order valence-corrected chi connectivity index (χ1v) is 11.2. The molecule has 0 bridgehead atoms. The molecule has 1 aliphatic heterocycles. The van der Waals surface area contributed by atoms with E-state index in [4.69, 9.17) is 4.74 Å². The Morgan fingerprint density at radius 2 is 1.66 bits per heavy atom. The van der Waals surface area contributed by atoms with Gasteiger partial charge in [0, 0.05) is 31.7 Å². The molecule has 1 aromatic carbocycles. The molecule has 0 spiro atoms. The van der Waals surface area contributed by atoms with Gasteiger partial charge in [0.1, 0.15) is 6.04 Å². The van der Waals surface area contributed by atoms with Crippen LogP contribution in [0.1, 0.15) is 24.2 Å². The molecule has 0 aliphatic carbocycles. The molecule has 1 saturated heterocycles. The second kappa shape index (κ2) is 9.84. The van der Waals surface area contributed by atoms with Crippen LogP contribution in [0.2, 0.25) is 0 Å². The summed E-state index contributed by atoms with van der Waals surface area (Å²) in [6, 6.07) is 7.61. The second-order valence-corrected chi connectivity index (χ2v) is 9.19. The lowest BCUT2D eigenvalue weighted by atomic mass is 10.0. The first-order valence-electron chi connectivity index (χ1n) is 9.35. The Morgan fingerprint density at radius 1 is 1.07 bits per heavy atom. The lowest BCUT2D eigenvalue weighted by molar-refractivity contribution is -0.154. The van der Waals surface area contributed by atoms with Crippen molar-refractivity contribution in [1.29, 1.82) is 0 Å². The molecule has 0 saturated carbocycles. The summed E-state index contributed by atoms with van der Waals surface area (Å²) >= 11 is 0. The largest absolute Gasteiger partial charge is 0.454 e. The highest BCUT2D eigenvalue weighted by Gasteiger charge is 2.29. The van der Waals surface area contributed by atoms with Crippen molar-refractivity contribution in [3.63, 3.8) is 0 Å². The molecule has 0 radical (unpaired) electrons. The van der Waals surface area contributed by atoms with Gasteiger partial charge in [0.05, 0.1) is 6.26 Å². The van der Waals surface area contributed by atoms with E-state index >= 15 is 0 Å². The summed E-state index contributed by atoms with van der Waals surface area (Å²) < 4.78 is 29.5. The van der Waals surface area contributed by atoms with Gasteiger partial charge in [-0.05, 0) is 18.1 Å². The molecule has 10 heteroatoms. The number of hydrogen-bond donors (Lipinski definition) is 1. The topological polar surface area (TPSA) is 113 Å². The molecule has 0 unspecified atom stereocenters. The second-order valence-electron chi connectivity index (χ2n) is 7.21. The van der Waals surface area contributed by atoms with Crippen LogP contribution in [0, 0.1) is 5.92 Å². The number of sulfonamides is 1. The number of rotatable bonds is 7. The van der Waals surface area contributed by atoms with E-state index in [9.17, 15) is 22.8 Å². The molecule has 1 aliphatic rings. The van der Waals surface area contributed by atoms with Crippen molar-refractivity contribution in [2.45, 2.75) is 19.9 Å². The van der Waals surface area contributed by atoms with E-state index < -0.39 is 40.5 Å². The Morgan fingerprint density at radius 3 is 2.17 bits per heavy atom. The summed E-state index contributed by atoms with van der Waals surface area (Å²) in [6.07, 6.45) is 1.13. The molecule has 1 atom stereocenters. The summed E-state index contributed by atoms with van der Waals surface area (Å²) in [5, 5.41) is 2.65. The molecule has 0 aromatic heterocycles. The van der Waals surface area contributed by atoms with E-state index in [1.54, 1.807) is 44.2 Å². The maximum Gasteiger partial charge on any atom is 0.329 e. The van der Waals surface area contributed by atoms with Crippen LogP contribution in [0.5, 0.6) is 0 Å². The predicted molar refractivity (Wildman–Crippen MR) is 106 cm³/mol. The zero-order valence-electron chi connectivity index (χ0n) is 16.8. The van der Waals surface area contributed by atoms with Gasteiger partial charge in [-0.2, -0.15) is 4.31 Å². The summed E-state index contributed by atoms with van der Waals surface area (Å²) in [4.78, 5) is 38.5. The van der Waals surface area contributed by atoms with Crippen LogP contribution in [-0.2, 0) is 24.3 Å². The van der Waals surface area contributed by atoms with Gasteiger partial charge in [-0.15, -0.1) is 0 Å². The number of nitrogens with one attached hydrogen (secondary N) is 1. The third-order valence-electron chi connectivity index (χ3n) is 4.64. The zero-order valence-corrected chi connectivity index (χ0v) is 17.6. The van der Waals surface area contributed by atoms with Gasteiger partial charge in [-0.25, -0.2) is 13.2 Å². The number of carbonyl (C=O) groups excluding carboxylic acids is 3. The number of amides is 2. The van der Waals surface area contributed by atoms with E-state index in [-0.39, 0.29) is 32.1 Å². The minimum atomic E-state index is -3.29. The molecule has 160 valence electrons. The van der Waals surface area contributed by atoms with Crippen LogP contribution in [0.4, 0.5) is 0 Å². The summed E-state index contributed by atoms with van der Waals surface area (Å²) in [7, 11) is -3.29. The van der Waals surface area contributed by atoms with Gasteiger partial charge >= 0.3 is 5.97 Å². The van der Waals surface area contributed by atoms with E-state index in [2.05, 4.69) is 5.32 Å². The maximum atomic E-state index is 12.4. The third kappa shape index (κ3) is 6.53. The molecule has 1 heterocycles.